The van der Waals surface area contributed by atoms with Gasteiger partial charge in [-0.15, -0.1) is 0 Å². The lowest BCUT2D eigenvalue weighted by atomic mass is 10.0. The summed E-state index contributed by atoms with van der Waals surface area (Å²) >= 11 is 0. The van der Waals surface area contributed by atoms with Crippen molar-refractivity contribution in [2.45, 2.75) is 19.4 Å². The lowest BCUT2D eigenvalue weighted by Gasteiger charge is -2.28. The molecule has 2 rings (SSSR count). The summed E-state index contributed by atoms with van der Waals surface area (Å²) < 4.78 is 0. The zero-order valence-electron chi connectivity index (χ0n) is 11.1. The van der Waals surface area contributed by atoms with E-state index >= 15 is 0 Å². The van der Waals surface area contributed by atoms with E-state index in [0.717, 1.165) is 32.6 Å². The Morgan fingerprint density at radius 3 is 2.39 bits per heavy atom. The van der Waals surface area contributed by atoms with E-state index in [1.807, 2.05) is 6.92 Å². The highest BCUT2D eigenvalue weighted by atomic mass is 16.3. The van der Waals surface area contributed by atoms with Gasteiger partial charge in [-0.2, -0.15) is 0 Å². The Hall–Kier alpha value is -1.26. The minimum absolute atomic E-state index is 0.0395. The third-order valence-corrected chi connectivity index (χ3v) is 3.78. The van der Waals surface area contributed by atoms with Crippen LogP contribution in [0, 0.1) is 0 Å². The van der Waals surface area contributed by atoms with E-state index in [1.165, 1.54) is 0 Å². The van der Waals surface area contributed by atoms with Gasteiger partial charge in [0.15, 0.2) is 0 Å². The fourth-order valence-corrected chi connectivity index (χ4v) is 2.61. The van der Waals surface area contributed by atoms with E-state index in [2.05, 4.69) is 16.8 Å². The van der Waals surface area contributed by atoms with E-state index in [4.69, 9.17) is 0 Å². The summed E-state index contributed by atoms with van der Waals surface area (Å²) in [5, 5.41) is 19.8. The van der Waals surface area contributed by atoms with Gasteiger partial charge in [-0.1, -0.05) is 6.07 Å². The van der Waals surface area contributed by atoms with Crippen molar-refractivity contribution in [1.82, 2.24) is 9.80 Å². The second-order valence-corrected chi connectivity index (χ2v) is 5.08. The summed E-state index contributed by atoms with van der Waals surface area (Å²) in [6.45, 7) is 6.14. The number of aromatic hydroxyl groups is 2. The monoisotopic (exact) mass is 250 g/mol. The van der Waals surface area contributed by atoms with Crippen LogP contribution < -0.4 is 0 Å². The lowest BCUT2D eigenvalue weighted by molar-refractivity contribution is 0.210. The predicted octanol–water partition coefficient (Wildman–Crippen LogP) is 1.80. The van der Waals surface area contributed by atoms with Gasteiger partial charge in [0.05, 0.1) is 5.56 Å². The normalized spacial score (nSPS) is 20.6. The van der Waals surface area contributed by atoms with E-state index < -0.39 is 0 Å². The van der Waals surface area contributed by atoms with Crippen molar-refractivity contribution in [2.75, 3.05) is 33.2 Å². The number of phenolic OH excluding ortho intramolecular Hbond substituents is 2. The molecule has 1 fully saturated rings. The van der Waals surface area contributed by atoms with Gasteiger partial charge in [-0.3, -0.25) is 4.90 Å². The molecule has 1 atom stereocenters. The molecular formula is C14H22N2O2. The quantitative estimate of drug-likeness (QED) is 0.840. The summed E-state index contributed by atoms with van der Waals surface area (Å²) in [5.74, 6) is 0.361. The van der Waals surface area contributed by atoms with E-state index in [-0.39, 0.29) is 17.5 Å². The van der Waals surface area contributed by atoms with Crippen LogP contribution in [-0.2, 0) is 0 Å². The molecule has 18 heavy (non-hydrogen) atoms. The van der Waals surface area contributed by atoms with Crippen molar-refractivity contribution in [3.05, 3.63) is 23.8 Å². The molecule has 4 heteroatoms. The molecule has 0 aliphatic carbocycles. The molecule has 2 N–H and O–H groups in total. The van der Waals surface area contributed by atoms with Crippen LogP contribution in [0.5, 0.6) is 11.5 Å². The predicted molar refractivity (Wildman–Crippen MR) is 71.9 cm³/mol. The van der Waals surface area contributed by atoms with Gasteiger partial charge in [0.2, 0.25) is 0 Å². The molecule has 0 amide bonds. The van der Waals surface area contributed by atoms with Gasteiger partial charge in [-0.25, -0.2) is 0 Å². The number of hydrogen-bond donors (Lipinski definition) is 2. The van der Waals surface area contributed by atoms with Gasteiger partial charge >= 0.3 is 0 Å². The minimum Gasteiger partial charge on any atom is -0.507 e. The summed E-state index contributed by atoms with van der Waals surface area (Å²) in [5.41, 5.74) is 0.641. The SMILES string of the molecule is CC(c1c(O)cccc1O)N1CCCN(C)CC1. The maximum Gasteiger partial charge on any atom is 0.124 e. The molecule has 1 unspecified atom stereocenters. The van der Waals surface area contributed by atoms with Crippen LogP contribution in [0.2, 0.25) is 0 Å². The fourth-order valence-electron chi connectivity index (χ4n) is 2.61. The number of benzene rings is 1. The second kappa shape index (κ2) is 5.59. The Balaban J connectivity index is 2.17. The van der Waals surface area contributed by atoms with E-state index in [1.54, 1.807) is 18.2 Å². The highest BCUT2D eigenvalue weighted by Gasteiger charge is 2.23. The first-order valence-corrected chi connectivity index (χ1v) is 6.53. The van der Waals surface area contributed by atoms with Gasteiger partial charge < -0.3 is 15.1 Å². The minimum atomic E-state index is 0.0395. The first-order chi connectivity index (χ1) is 8.59. The molecule has 100 valence electrons. The molecule has 0 bridgehead atoms. The summed E-state index contributed by atoms with van der Waals surface area (Å²) in [6, 6.07) is 4.97. The maximum absolute atomic E-state index is 9.92. The molecule has 1 aliphatic heterocycles. The molecule has 0 spiro atoms. The van der Waals surface area contributed by atoms with Crippen LogP contribution in [-0.4, -0.2) is 53.2 Å². The van der Waals surface area contributed by atoms with Gasteiger partial charge in [0, 0.05) is 25.7 Å². The van der Waals surface area contributed by atoms with Crippen molar-refractivity contribution in [1.29, 1.82) is 0 Å². The Bertz CT molecular complexity index is 389. The van der Waals surface area contributed by atoms with Crippen molar-refractivity contribution in [3.8, 4) is 11.5 Å². The average Bonchev–Trinajstić information content (AvgIpc) is 2.53. The van der Waals surface area contributed by atoms with E-state index in [0.29, 0.717) is 5.56 Å². The molecule has 1 aliphatic rings. The molecule has 0 aromatic heterocycles. The molecule has 1 aromatic rings. The number of hydrogen-bond acceptors (Lipinski definition) is 4. The molecule has 1 aromatic carbocycles. The van der Waals surface area contributed by atoms with Crippen LogP contribution in [0.15, 0.2) is 18.2 Å². The first-order valence-electron chi connectivity index (χ1n) is 6.53. The largest absolute Gasteiger partial charge is 0.507 e. The Labute approximate surface area is 108 Å². The Morgan fingerprint density at radius 2 is 1.72 bits per heavy atom. The molecule has 4 nitrogen and oxygen atoms in total. The van der Waals surface area contributed by atoms with Gasteiger partial charge in [-0.05, 0) is 39.1 Å². The van der Waals surface area contributed by atoms with E-state index in [9.17, 15) is 10.2 Å². The van der Waals surface area contributed by atoms with Gasteiger partial charge in [0.25, 0.3) is 0 Å². The molecule has 1 heterocycles. The Kier molecular flexibility index (Phi) is 4.09. The summed E-state index contributed by atoms with van der Waals surface area (Å²) in [7, 11) is 2.13. The first kappa shape index (κ1) is 13.2. The Morgan fingerprint density at radius 1 is 1.06 bits per heavy atom. The van der Waals surface area contributed by atoms with Crippen molar-refractivity contribution in [2.24, 2.45) is 0 Å². The maximum atomic E-state index is 9.92. The number of likely N-dealkylation sites (N-methyl/N-ethyl adjacent to an activating group) is 1. The van der Waals surface area contributed by atoms with Crippen LogP contribution >= 0.6 is 0 Å². The highest BCUT2D eigenvalue weighted by Crippen LogP contribution is 2.35. The standard InChI is InChI=1S/C14H22N2O2/c1-11(14-12(17)5-3-6-13(14)18)16-8-4-7-15(2)9-10-16/h3,5-6,11,17-18H,4,7-10H2,1-2H3. The summed E-state index contributed by atoms with van der Waals surface area (Å²) in [4.78, 5) is 4.63. The number of phenols is 2. The van der Waals surface area contributed by atoms with Crippen LogP contribution in [0.25, 0.3) is 0 Å². The molecule has 0 radical (unpaired) electrons. The lowest BCUT2D eigenvalue weighted by Crippen LogP contribution is -2.31. The topological polar surface area (TPSA) is 46.9 Å². The van der Waals surface area contributed by atoms with Crippen molar-refractivity contribution in [3.63, 3.8) is 0 Å². The average molecular weight is 250 g/mol. The molecule has 0 saturated carbocycles. The molecule has 1 saturated heterocycles. The van der Waals surface area contributed by atoms with Crippen LogP contribution in [0.3, 0.4) is 0 Å². The zero-order valence-corrected chi connectivity index (χ0v) is 11.1. The van der Waals surface area contributed by atoms with Crippen LogP contribution in [0.4, 0.5) is 0 Å². The third-order valence-electron chi connectivity index (χ3n) is 3.78. The smallest absolute Gasteiger partial charge is 0.124 e. The van der Waals surface area contributed by atoms with Crippen molar-refractivity contribution >= 4 is 0 Å². The van der Waals surface area contributed by atoms with Gasteiger partial charge in [0.1, 0.15) is 11.5 Å². The fraction of sp³-hybridized carbons (Fsp3) is 0.571. The molecular weight excluding hydrogens is 228 g/mol. The number of nitrogens with zero attached hydrogens (tertiary/aromatic N) is 2. The second-order valence-electron chi connectivity index (χ2n) is 5.08. The van der Waals surface area contributed by atoms with Crippen molar-refractivity contribution < 1.29 is 10.2 Å². The highest BCUT2D eigenvalue weighted by molar-refractivity contribution is 5.44. The zero-order chi connectivity index (χ0) is 13.1. The number of rotatable bonds is 2. The summed E-state index contributed by atoms with van der Waals surface area (Å²) in [6.07, 6.45) is 1.12. The van der Waals surface area contributed by atoms with Crippen LogP contribution in [0.1, 0.15) is 24.9 Å². The third kappa shape index (κ3) is 2.76.